The fourth-order valence-electron chi connectivity index (χ4n) is 2.91. The first-order chi connectivity index (χ1) is 13.6. The first kappa shape index (κ1) is 30.6. The van der Waals surface area contributed by atoms with Crippen molar-refractivity contribution in [1.29, 1.82) is 0 Å². The first-order valence-corrected chi connectivity index (χ1v) is 17.5. The van der Waals surface area contributed by atoms with E-state index in [9.17, 15) is 4.79 Å². The molecule has 0 heterocycles. The Morgan fingerprint density at radius 1 is 0.903 bits per heavy atom. The van der Waals surface area contributed by atoms with Gasteiger partial charge in [-0.1, -0.05) is 68.4 Å². The highest BCUT2D eigenvalue weighted by Crippen LogP contribution is 2.45. The number of esters is 1. The van der Waals surface area contributed by atoms with E-state index in [-0.39, 0.29) is 39.6 Å². The molecule has 0 radical (unpaired) electrons. The van der Waals surface area contributed by atoms with Gasteiger partial charge in [0.15, 0.2) is 16.6 Å². The van der Waals surface area contributed by atoms with Gasteiger partial charge in [-0.15, -0.1) is 6.58 Å². The topological polar surface area (TPSA) is 44.8 Å². The van der Waals surface area contributed by atoms with E-state index in [1.54, 1.807) is 0 Å². The number of rotatable bonds is 11. The zero-order chi connectivity index (χ0) is 25.1. The van der Waals surface area contributed by atoms with Crippen LogP contribution in [0, 0.1) is 11.3 Å². The molecule has 6 heteroatoms. The van der Waals surface area contributed by atoms with Crippen LogP contribution < -0.4 is 0 Å². The summed E-state index contributed by atoms with van der Waals surface area (Å²) in [5.74, 6) is -0.0468. The highest BCUT2D eigenvalue weighted by Gasteiger charge is 2.48. The predicted molar refractivity (Wildman–Crippen MR) is 139 cm³/mol. The Balaban J connectivity index is 6.02. The summed E-state index contributed by atoms with van der Waals surface area (Å²) in [6.45, 7) is 35.4. The zero-order valence-corrected chi connectivity index (χ0v) is 25.1. The Kier molecular flexibility index (Phi) is 10.5. The lowest BCUT2D eigenvalue weighted by molar-refractivity contribution is -0.142. The summed E-state index contributed by atoms with van der Waals surface area (Å²) in [6, 6.07) is 0. The van der Waals surface area contributed by atoms with Crippen molar-refractivity contribution in [2.24, 2.45) is 11.3 Å². The molecule has 184 valence electrons. The fraction of sp³-hybridized carbons (Fsp3) is 0.880. The van der Waals surface area contributed by atoms with E-state index in [2.05, 4.69) is 95.1 Å². The molecule has 0 saturated carbocycles. The summed E-state index contributed by atoms with van der Waals surface area (Å²) >= 11 is 0. The maximum Gasteiger partial charge on any atom is 0.302 e. The highest BCUT2D eigenvalue weighted by molar-refractivity contribution is 6.74. The minimum Gasteiger partial charge on any atom is -0.466 e. The Bertz CT molecular complexity index is 598. The summed E-state index contributed by atoms with van der Waals surface area (Å²) in [5.41, 5.74) is -0.280. The molecule has 3 atom stereocenters. The van der Waals surface area contributed by atoms with Crippen molar-refractivity contribution in [3.8, 4) is 0 Å². The fourth-order valence-corrected chi connectivity index (χ4v) is 5.76. The molecule has 0 aromatic heterocycles. The molecule has 0 fully saturated rings. The van der Waals surface area contributed by atoms with Gasteiger partial charge in [0.2, 0.25) is 0 Å². The Hall–Kier alpha value is -0.436. The maximum absolute atomic E-state index is 11.3. The molecule has 0 amide bonds. The summed E-state index contributed by atoms with van der Waals surface area (Å²) in [7, 11) is -4.02. The Morgan fingerprint density at radius 3 is 1.68 bits per heavy atom. The molecule has 0 unspecified atom stereocenters. The van der Waals surface area contributed by atoms with Crippen LogP contribution in [0.15, 0.2) is 12.7 Å². The Labute approximate surface area is 195 Å². The van der Waals surface area contributed by atoms with Gasteiger partial charge in [0.25, 0.3) is 0 Å². The lowest BCUT2D eigenvalue weighted by Gasteiger charge is -2.49. The predicted octanol–water partition coefficient (Wildman–Crippen LogP) is 7.57. The van der Waals surface area contributed by atoms with Crippen molar-refractivity contribution < 1.29 is 18.4 Å². The smallest absolute Gasteiger partial charge is 0.302 e. The normalized spacial score (nSPS) is 17.1. The summed E-state index contributed by atoms with van der Waals surface area (Å²) in [5, 5.41) is 0.215. The molecule has 0 aromatic carbocycles. The molecule has 0 aliphatic rings. The van der Waals surface area contributed by atoms with Gasteiger partial charge in [0.05, 0.1) is 18.8 Å². The molecule has 0 bridgehead atoms. The molecular weight excluding hydrogens is 420 g/mol. The van der Waals surface area contributed by atoms with Crippen LogP contribution in [-0.4, -0.2) is 41.4 Å². The third-order valence-corrected chi connectivity index (χ3v) is 16.4. The maximum atomic E-state index is 11.3. The van der Waals surface area contributed by atoms with E-state index < -0.39 is 16.6 Å². The molecule has 0 rings (SSSR count). The average molecular weight is 473 g/mol. The molecule has 0 saturated heterocycles. The van der Waals surface area contributed by atoms with E-state index in [0.29, 0.717) is 6.61 Å². The van der Waals surface area contributed by atoms with Crippen LogP contribution in [0.1, 0.15) is 75.7 Å². The summed E-state index contributed by atoms with van der Waals surface area (Å²) < 4.78 is 19.2. The number of ether oxygens (including phenoxy) is 1. The van der Waals surface area contributed by atoms with Gasteiger partial charge in [-0.3, -0.25) is 4.79 Å². The van der Waals surface area contributed by atoms with E-state index in [4.69, 9.17) is 13.6 Å². The van der Waals surface area contributed by atoms with Crippen LogP contribution in [-0.2, 0) is 18.4 Å². The van der Waals surface area contributed by atoms with Crippen molar-refractivity contribution >= 4 is 22.6 Å². The molecule has 0 aliphatic carbocycles. The van der Waals surface area contributed by atoms with Crippen LogP contribution in [0.5, 0.6) is 0 Å². The van der Waals surface area contributed by atoms with Crippen LogP contribution >= 0.6 is 0 Å². The van der Waals surface area contributed by atoms with Crippen LogP contribution in [0.3, 0.4) is 0 Å². The van der Waals surface area contributed by atoms with Gasteiger partial charge < -0.3 is 13.6 Å². The molecule has 4 nitrogen and oxygen atoms in total. The molecular formula is C25H52O4Si2. The second-order valence-electron chi connectivity index (χ2n) is 12.9. The summed E-state index contributed by atoms with van der Waals surface area (Å²) in [4.78, 5) is 11.3. The van der Waals surface area contributed by atoms with Gasteiger partial charge in [-0.2, -0.15) is 0 Å². The van der Waals surface area contributed by atoms with E-state index in [1.165, 1.54) is 6.92 Å². The molecule has 31 heavy (non-hydrogen) atoms. The van der Waals surface area contributed by atoms with E-state index in [0.717, 1.165) is 6.42 Å². The summed E-state index contributed by atoms with van der Waals surface area (Å²) in [6.07, 6.45) is 2.60. The van der Waals surface area contributed by atoms with Gasteiger partial charge in [0.1, 0.15) is 0 Å². The minimum atomic E-state index is -2.03. The monoisotopic (exact) mass is 472 g/mol. The van der Waals surface area contributed by atoms with Gasteiger partial charge in [0, 0.05) is 12.3 Å². The van der Waals surface area contributed by atoms with Crippen molar-refractivity contribution in [3.63, 3.8) is 0 Å². The second-order valence-corrected chi connectivity index (χ2v) is 22.4. The largest absolute Gasteiger partial charge is 0.466 e. The van der Waals surface area contributed by atoms with Crippen molar-refractivity contribution in [2.75, 3.05) is 6.61 Å². The molecule has 0 N–H and O–H groups in total. The van der Waals surface area contributed by atoms with Crippen molar-refractivity contribution in [1.82, 2.24) is 0 Å². The lowest BCUT2D eigenvalue weighted by Crippen LogP contribution is -2.54. The number of hydrogen-bond acceptors (Lipinski definition) is 4. The van der Waals surface area contributed by atoms with Gasteiger partial charge in [-0.05, 0) is 48.6 Å². The quantitative estimate of drug-likeness (QED) is 0.177. The number of carbonyl (C=O) groups is 1. The lowest BCUT2D eigenvalue weighted by atomic mass is 9.77. The average Bonchev–Trinajstić information content (AvgIpc) is 2.54. The molecule has 0 aliphatic heterocycles. The second kappa shape index (κ2) is 10.7. The van der Waals surface area contributed by atoms with Crippen molar-refractivity contribution in [2.45, 2.75) is 124 Å². The molecule has 0 spiro atoms. The molecule has 0 aromatic rings. The number of hydrogen-bond donors (Lipinski definition) is 0. The zero-order valence-electron chi connectivity index (χ0n) is 23.1. The SMILES string of the molecule is C=C[C@@H](O[Si](C)(C)C(C)(C)C)C(C)(C)[C@@H](C[C@@H](C)COC(C)=O)O[Si](C)(C)C(C)(C)C. The van der Waals surface area contributed by atoms with Gasteiger partial charge in [-0.25, -0.2) is 0 Å². The van der Waals surface area contributed by atoms with Crippen LogP contribution in [0.25, 0.3) is 0 Å². The highest BCUT2D eigenvalue weighted by atomic mass is 28.4. The Morgan fingerprint density at radius 2 is 1.32 bits per heavy atom. The number of carbonyl (C=O) groups excluding carboxylic acids is 1. The minimum absolute atomic E-state index is 0.0354. The third kappa shape index (κ3) is 8.79. The van der Waals surface area contributed by atoms with E-state index in [1.807, 2.05) is 6.08 Å². The first-order valence-electron chi connectivity index (χ1n) is 11.7. The third-order valence-electron chi connectivity index (χ3n) is 7.44. The van der Waals surface area contributed by atoms with Crippen LogP contribution in [0.4, 0.5) is 0 Å². The van der Waals surface area contributed by atoms with Gasteiger partial charge >= 0.3 is 5.97 Å². The van der Waals surface area contributed by atoms with Crippen LogP contribution in [0.2, 0.25) is 36.3 Å². The standard InChI is InChI=1S/C25H52O4Si2/c1-16-21(28-30(12,13)23(4,5)6)25(10,11)22(17-19(2)18-27-20(3)26)29-31(14,15)24(7,8)9/h16,19,21-22H,1,17-18H2,2-15H3/t19-,21-,22-/m1/s1. The van der Waals surface area contributed by atoms with E-state index >= 15 is 0 Å². The van der Waals surface area contributed by atoms with Crippen molar-refractivity contribution in [3.05, 3.63) is 12.7 Å².